The number of nitrogens with zero attached hydrogens (tertiary/aromatic N) is 3. The molecule has 2 aromatic heterocycles. The summed E-state index contributed by atoms with van der Waals surface area (Å²) in [5.74, 6) is -2.25. The summed E-state index contributed by atoms with van der Waals surface area (Å²) >= 11 is 0.928. The van der Waals surface area contributed by atoms with Gasteiger partial charge in [0.2, 0.25) is 0 Å². The second-order valence-electron chi connectivity index (χ2n) is 7.48. The number of hydrogen-bond donors (Lipinski definition) is 1. The highest BCUT2D eigenvalue weighted by Gasteiger charge is 2.48. The van der Waals surface area contributed by atoms with E-state index in [4.69, 9.17) is 9.47 Å². The topological polar surface area (TPSA) is 119 Å². The number of aliphatic hydroxyl groups is 1. The first kappa shape index (κ1) is 23.8. The fourth-order valence-corrected chi connectivity index (χ4v) is 4.68. The Morgan fingerprint density at radius 2 is 2.00 bits per heavy atom. The van der Waals surface area contributed by atoms with Crippen LogP contribution in [0.3, 0.4) is 0 Å². The average molecular weight is 492 g/mol. The van der Waals surface area contributed by atoms with Gasteiger partial charge >= 0.3 is 11.9 Å². The molecule has 3 aromatic rings. The number of hydrogen-bond acceptors (Lipinski definition) is 9. The number of aryl methyl sites for hydroxylation is 1. The molecule has 1 amide bonds. The summed E-state index contributed by atoms with van der Waals surface area (Å²) in [6.07, 6.45) is 4.48. The van der Waals surface area contributed by atoms with E-state index in [1.807, 2.05) is 0 Å². The van der Waals surface area contributed by atoms with Crippen LogP contribution >= 0.6 is 11.3 Å². The Labute approximate surface area is 205 Å². The number of amides is 1. The Bertz CT molecular complexity index is 1350. The standard InChI is InChI=1S/C25H21N3O6S/c1-4-12-34-24(32)22-14(2)27-25(35-22)28-19(15-8-10-26-11-9-15)18(21(30)23(28)31)20(29)16-6-5-7-17(13-16)33-3/h4-11,13,19,29H,1,12H2,2-3H3/b20-18+. The van der Waals surface area contributed by atoms with Crippen LogP contribution in [0.1, 0.15) is 32.5 Å². The van der Waals surface area contributed by atoms with Crippen LogP contribution in [0.25, 0.3) is 5.76 Å². The van der Waals surface area contributed by atoms with Gasteiger partial charge in [0.05, 0.1) is 24.4 Å². The summed E-state index contributed by atoms with van der Waals surface area (Å²) in [5.41, 5.74) is 1.08. The highest BCUT2D eigenvalue weighted by atomic mass is 32.1. The van der Waals surface area contributed by atoms with E-state index in [0.29, 0.717) is 22.6 Å². The van der Waals surface area contributed by atoms with Crippen LogP contribution < -0.4 is 9.64 Å². The number of anilines is 1. The first-order valence-corrected chi connectivity index (χ1v) is 11.3. The van der Waals surface area contributed by atoms with Gasteiger partial charge in [-0.1, -0.05) is 36.1 Å². The minimum atomic E-state index is -0.994. The fourth-order valence-electron chi connectivity index (χ4n) is 3.69. The SMILES string of the molecule is C=CCOC(=O)c1sc(N2C(=O)C(=O)/C(=C(/O)c3cccc(OC)c3)C2c2ccncc2)nc1C. The summed E-state index contributed by atoms with van der Waals surface area (Å²) in [7, 11) is 1.48. The fraction of sp³-hybridized carbons (Fsp3) is 0.160. The number of Topliss-reactive ketones (excluding diaryl/α,β-unsaturated/α-hetero) is 1. The Morgan fingerprint density at radius 3 is 2.69 bits per heavy atom. The van der Waals surface area contributed by atoms with Crippen molar-refractivity contribution in [2.24, 2.45) is 0 Å². The van der Waals surface area contributed by atoms with Crippen molar-refractivity contribution in [2.75, 3.05) is 18.6 Å². The van der Waals surface area contributed by atoms with Gasteiger partial charge in [0.15, 0.2) is 5.13 Å². The predicted octanol–water partition coefficient (Wildman–Crippen LogP) is 3.82. The van der Waals surface area contributed by atoms with Crippen LogP contribution in [-0.2, 0) is 14.3 Å². The Morgan fingerprint density at radius 1 is 1.26 bits per heavy atom. The molecular formula is C25H21N3O6S. The van der Waals surface area contributed by atoms with E-state index >= 15 is 0 Å². The molecule has 1 saturated heterocycles. The molecule has 1 fully saturated rings. The summed E-state index contributed by atoms with van der Waals surface area (Å²) in [4.78, 5) is 48.7. The number of ketones is 1. The number of benzene rings is 1. The molecule has 0 saturated carbocycles. The van der Waals surface area contributed by atoms with E-state index < -0.39 is 23.7 Å². The Kier molecular flexibility index (Phi) is 6.74. The first-order chi connectivity index (χ1) is 16.9. The molecule has 1 atom stereocenters. The normalized spacial score (nSPS) is 16.9. The van der Waals surface area contributed by atoms with Crippen molar-refractivity contribution in [3.05, 3.63) is 88.7 Å². The molecule has 1 unspecified atom stereocenters. The number of aromatic nitrogens is 2. The monoisotopic (exact) mass is 491 g/mol. The summed E-state index contributed by atoms with van der Waals surface area (Å²) in [6.45, 7) is 5.15. The number of thiazole rings is 1. The molecule has 10 heteroatoms. The largest absolute Gasteiger partial charge is 0.507 e. The van der Waals surface area contributed by atoms with E-state index in [9.17, 15) is 19.5 Å². The third-order valence-electron chi connectivity index (χ3n) is 5.32. The van der Waals surface area contributed by atoms with Gasteiger partial charge in [0, 0.05) is 18.0 Å². The molecule has 1 N–H and O–H groups in total. The zero-order chi connectivity index (χ0) is 25.1. The molecule has 4 rings (SSSR count). The molecule has 1 aliphatic rings. The maximum atomic E-state index is 13.2. The molecular weight excluding hydrogens is 470 g/mol. The summed E-state index contributed by atoms with van der Waals surface area (Å²) in [5, 5.41) is 11.3. The number of esters is 1. The van der Waals surface area contributed by atoms with Crippen LogP contribution in [0, 0.1) is 6.92 Å². The van der Waals surface area contributed by atoms with Crippen molar-refractivity contribution in [2.45, 2.75) is 13.0 Å². The molecule has 1 aliphatic heterocycles. The number of rotatable bonds is 7. The lowest BCUT2D eigenvalue weighted by Crippen LogP contribution is -2.29. The highest BCUT2D eigenvalue weighted by molar-refractivity contribution is 7.17. The van der Waals surface area contributed by atoms with E-state index in [1.54, 1.807) is 43.3 Å². The van der Waals surface area contributed by atoms with Crippen LogP contribution in [0.4, 0.5) is 5.13 Å². The Hall–Kier alpha value is -4.31. The lowest BCUT2D eigenvalue weighted by Gasteiger charge is -2.22. The smallest absolute Gasteiger partial charge is 0.350 e. The predicted molar refractivity (Wildman–Crippen MR) is 129 cm³/mol. The second-order valence-corrected chi connectivity index (χ2v) is 8.46. The molecule has 0 bridgehead atoms. The third-order valence-corrected chi connectivity index (χ3v) is 6.46. The number of ether oxygens (including phenoxy) is 2. The Balaban J connectivity index is 1.87. The molecule has 0 spiro atoms. The van der Waals surface area contributed by atoms with E-state index in [2.05, 4.69) is 16.5 Å². The van der Waals surface area contributed by atoms with Gasteiger partial charge in [-0.25, -0.2) is 9.78 Å². The zero-order valence-corrected chi connectivity index (χ0v) is 19.7. The number of carbonyl (C=O) groups is 3. The summed E-state index contributed by atoms with van der Waals surface area (Å²) < 4.78 is 10.3. The van der Waals surface area contributed by atoms with Crippen molar-refractivity contribution in [3.63, 3.8) is 0 Å². The van der Waals surface area contributed by atoms with Crippen LogP contribution in [-0.4, -0.2) is 46.5 Å². The van der Waals surface area contributed by atoms with Crippen molar-refractivity contribution in [1.29, 1.82) is 0 Å². The number of pyridine rings is 1. The molecule has 0 radical (unpaired) electrons. The molecule has 1 aromatic carbocycles. The van der Waals surface area contributed by atoms with Gasteiger partial charge in [-0.2, -0.15) is 0 Å². The number of aliphatic hydroxyl groups excluding tert-OH is 1. The van der Waals surface area contributed by atoms with E-state index in [-0.39, 0.29) is 27.9 Å². The van der Waals surface area contributed by atoms with Crippen LogP contribution in [0.5, 0.6) is 5.75 Å². The van der Waals surface area contributed by atoms with Crippen molar-refractivity contribution in [1.82, 2.24) is 9.97 Å². The number of methoxy groups -OCH3 is 1. The molecule has 35 heavy (non-hydrogen) atoms. The van der Waals surface area contributed by atoms with E-state index in [0.717, 1.165) is 11.3 Å². The minimum absolute atomic E-state index is 0.0214. The van der Waals surface area contributed by atoms with Crippen LogP contribution in [0.15, 0.2) is 67.0 Å². The lowest BCUT2D eigenvalue weighted by molar-refractivity contribution is -0.132. The van der Waals surface area contributed by atoms with Gasteiger partial charge in [-0.05, 0) is 36.8 Å². The average Bonchev–Trinajstić information content (AvgIpc) is 3.39. The van der Waals surface area contributed by atoms with E-state index in [1.165, 1.54) is 30.5 Å². The highest BCUT2D eigenvalue weighted by Crippen LogP contribution is 2.44. The molecule has 0 aliphatic carbocycles. The third kappa shape index (κ3) is 4.43. The van der Waals surface area contributed by atoms with Crippen molar-refractivity contribution < 1.29 is 29.0 Å². The quantitative estimate of drug-likeness (QED) is 0.174. The maximum absolute atomic E-state index is 13.2. The van der Waals surface area contributed by atoms with Gasteiger partial charge in [-0.3, -0.25) is 19.5 Å². The summed E-state index contributed by atoms with van der Waals surface area (Å²) in [6, 6.07) is 8.82. The van der Waals surface area contributed by atoms with Crippen LogP contribution in [0.2, 0.25) is 0 Å². The minimum Gasteiger partial charge on any atom is -0.507 e. The van der Waals surface area contributed by atoms with Crippen molar-refractivity contribution >= 4 is 39.9 Å². The zero-order valence-electron chi connectivity index (χ0n) is 18.9. The van der Waals surface area contributed by atoms with Gasteiger partial charge in [0.25, 0.3) is 5.78 Å². The maximum Gasteiger partial charge on any atom is 0.350 e. The molecule has 9 nitrogen and oxygen atoms in total. The molecule has 178 valence electrons. The van der Waals surface area contributed by atoms with Crippen molar-refractivity contribution in [3.8, 4) is 5.75 Å². The second kappa shape index (κ2) is 9.90. The van der Waals surface area contributed by atoms with Gasteiger partial charge in [-0.15, -0.1) is 0 Å². The lowest BCUT2D eigenvalue weighted by atomic mass is 9.96. The molecule has 3 heterocycles. The number of carbonyl (C=O) groups excluding carboxylic acids is 3. The first-order valence-electron chi connectivity index (χ1n) is 10.5. The van der Waals surface area contributed by atoms with Gasteiger partial charge < -0.3 is 14.6 Å². The van der Waals surface area contributed by atoms with Gasteiger partial charge in [0.1, 0.15) is 23.0 Å².